The van der Waals surface area contributed by atoms with E-state index in [2.05, 4.69) is 10.7 Å². The monoisotopic (exact) mass is 252 g/mol. The Morgan fingerprint density at radius 2 is 2.12 bits per heavy atom. The summed E-state index contributed by atoms with van der Waals surface area (Å²) in [5.74, 6) is 2.66. The van der Waals surface area contributed by atoms with Crippen LogP contribution >= 0.6 is 12.0 Å². The van der Waals surface area contributed by atoms with E-state index < -0.39 is 5.97 Å². The van der Waals surface area contributed by atoms with E-state index in [0.29, 0.717) is 5.75 Å². The number of hydrogen-bond donors (Lipinski definition) is 0. The molecule has 0 amide bonds. The Bertz CT molecular complexity index is 394. The lowest BCUT2D eigenvalue weighted by Crippen LogP contribution is -2.06. The number of benzene rings is 1. The lowest BCUT2D eigenvalue weighted by molar-refractivity contribution is -0.142. The molecule has 5 heteroatoms. The molecule has 0 spiro atoms. The molecule has 0 fully saturated rings. The average Bonchev–Trinajstić information content (AvgIpc) is 2.37. The maximum absolute atomic E-state index is 10.8. The van der Waals surface area contributed by atoms with Crippen LogP contribution in [0, 0.1) is 12.3 Å². The summed E-state index contributed by atoms with van der Waals surface area (Å²) in [6.45, 7) is 0.155. The van der Waals surface area contributed by atoms with Crippen molar-refractivity contribution in [3.63, 3.8) is 0 Å². The van der Waals surface area contributed by atoms with Crippen LogP contribution in [0.25, 0.3) is 0 Å². The van der Waals surface area contributed by atoms with Gasteiger partial charge in [0.1, 0.15) is 12.4 Å². The second-order valence-electron chi connectivity index (χ2n) is 2.89. The third kappa shape index (κ3) is 5.29. The zero-order chi connectivity index (χ0) is 12.5. The van der Waals surface area contributed by atoms with Gasteiger partial charge < -0.3 is 9.47 Å². The average molecular weight is 252 g/mol. The number of esters is 1. The summed E-state index contributed by atoms with van der Waals surface area (Å²) in [4.78, 5) is 11.6. The number of terminal acetylenes is 1. The fourth-order valence-electron chi connectivity index (χ4n) is 0.921. The van der Waals surface area contributed by atoms with E-state index >= 15 is 0 Å². The standard InChI is InChI=1S/C12H12O4S/c1-3-8-15-10-4-6-11(7-5-10)17-16-9-12(13)14-2/h1,4-7H,8-9H2,2H3. The molecule has 0 aliphatic rings. The molecule has 0 unspecified atom stereocenters. The van der Waals surface area contributed by atoms with Crippen LogP contribution in [0.4, 0.5) is 0 Å². The van der Waals surface area contributed by atoms with Crippen LogP contribution in [0.1, 0.15) is 0 Å². The molecule has 4 nitrogen and oxygen atoms in total. The third-order valence-electron chi connectivity index (χ3n) is 1.71. The first-order chi connectivity index (χ1) is 8.26. The SMILES string of the molecule is C#CCOc1ccc(SOCC(=O)OC)cc1. The molecule has 0 heterocycles. The van der Waals surface area contributed by atoms with Crippen LogP contribution in [0.15, 0.2) is 29.2 Å². The highest BCUT2D eigenvalue weighted by atomic mass is 32.2. The Kier molecular flexibility index (Phi) is 6.00. The summed E-state index contributed by atoms with van der Waals surface area (Å²) in [5.41, 5.74) is 0. The first kappa shape index (κ1) is 13.4. The van der Waals surface area contributed by atoms with Crippen molar-refractivity contribution in [3.05, 3.63) is 24.3 Å². The van der Waals surface area contributed by atoms with Crippen LogP contribution in [0.2, 0.25) is 0 Å². The molecule has 0 aliphatic heterocycles. The van der Waals surface area contributed by atoms with Gasteiger partial charge in [0, 0.05) is 16.9 Å². The van der Waals surface area contributed by atoms with E-state index in [9.17, 15) is 4.79 Å². The van der Waals surface area contributed by atoms with Crippen LogP contribution in [-0.2, 0) is 13.7 Å². The van der Waals surface area contributed by atoms with Crippen LogP contribution in [0.5, 0.6) is 5.75 Å². The molecule has 0 aromatic heterocycles. The Hall–Kier alpha value is -1.64. The summed E-state index contributed by atoms with van der Waals surface area (Å²) in [5, 5.41) is 0. The predicted octanol–water partition coefficient (Wildman–Crippen LogP) is 1.90. The largest absolute Gasteiger partial charge is 0.481 e. The van der Waals surface area contributed by atoms with Gasteiger partial charge in [-0.15, -0.1) is 6.42 Å². The van der Waals surface area contributed by atoms with Crippen molar-refractivity contribution in [2.24, 2.45) is 0 Å². The van der Waals surface area contributed by atoms with Gasteiger partial charge in [-0.1, -0.05) is 5.92 Å². The number of carbonyl (C=O) groups is 1. The molecule has 1 rings (SSSR count). The van der Waals surface area contributed by atoms with Gasteiger partial charge in [0.05, 0.1) is 7.11 Å². The molecule has 0 aliphatic carbocycles. The minimum atomic E-state index is -0.411. The zero-order valence-electron chi connectivity index (χ0n) is 9.34. The quantitative estimate of drug-likeness (QED) is 0.439. The first-order valence-corrected chi connectivity index (χ1v) is 5.53. The van der Waals surface area contributed by atoms with Gasteiger partial charge in [0.2, 0.25) is 0 Å². The summed E-state index contributed by atoms with van der Waals surface area (Å²) >= 11 is 1.10. The predicted molar refractivity (Wildman–Crippen MR) is 64.6 cm³/mol. The van der Waals surface area contributed by atoms with Crippen molar-refractivity contribution in [3.8, 4) is 18.1 Å². The first-order valence-electron chi connectivity index (χ1n) is 4.79. The Labute approximate surface area is 104 Å². The van der Waals surface area contributed by atoms with Gasteiger partial charge in [-0.2, -0.15) is 0 Å². The number of ether oxygens (including phenoxy) is 2. The van der Waals surface area contributed by atoms with Crippen molar-refractivity contribution in [1.82, 2.24) is 0 Å². The van der Waals surface area contributed by atoms with Gasteiger partial charge in [-0.3, -0.25) is 4.18 Å². The van der Waals surface area contributed by atoms with Gasteiger partial charge >= 0.3 is 5.97 Å². The molecular formula is C12H12O4S. The molecule has 0 saturated heterocycles. The zero-order valence-corrected chi connectivity index (χ0v) is 10.2. The lowest BCUT2D eigenvalue weighted by Gasteiger charge is -2.04. The highest BCUT2D eigenvalue weighted by Gasteiger charge is 2.01. The van der Waals surface area contributed by atoms with Crippen LogP contribution < -0.4 is 4.74 Å². The van der Waals surface area contributed by atoms with Crippen molar-refractivity contribution in [1.29, 1.82) is 0 Å². The molecular weight excluding hydrogens is 240 g/mol. The van der Waals surface area contributed by atoms with E-state index in [4.69, 9.17) is 15.3 Å². The minimum absolute atomic E-state index is 0.0868. The second kappa shape index (κ2) is 7.60. The molecule has 0 atom stereocenters. The normalized spacial score (nSPS) is 9.41. The maximum atomic E-state index is 10.8. The molecule has 0 saturated carbocycles. The van der Waals surface area contributed by atoms with E-state index in [1.165, 1.54) is 7.11 Å². The van der Waals surface area contributed by atoms with Gasteiger partial charge in [0.25, 0.3) is 0 Å². The molecule has 0 bridgehead atoms. The minimum Gasteiger partial charge on any atom is -0.481 e. The summed E-state index contributed by atoms with van der Waals surface area (Å²) < 4.78 is 14.7. The van der Waals surface area contributed by atoms with E-state index in [-0.39, 0.29) is 13.2 Å². The molecule has 1 aromatic carbocycles. The number of rotatable bonds is 6. The Morgan fingerprint density at radius 3 is 2.71 bits per heavy atom. The van der Waals surface area contributed by atoms with Crippen molar-refractivity contribution >= 4 is 18.0 Å². The van der Waals surface area contributed by atoms with Gasteiger partial charge in [-0.25, -0.2) is 4.79 Å². The highest BCUT2D eigenvalue weighted by molar-refractivity contribution is 7.94. The lowest BCUT2D eigenvalue weighted by atomic mass is 10.3. The van der Waals surface area contributed by atoms with Gasteiger partial charge in [-0.05, 0) is 24.3 Å². The molecule has 17 heavy (non-hydrogen) atoms. The topological polar surface area (TPSA) is 44.8 Å². The van der Waals surface area contributed by atoms with Gasteiger partial charge in [0.15, 0.2) is 6.61 Å². The molecule has 90 valence electrons. The van der Waals surface area contributed by atoms with E-state index in [1.807, 2.05) is 12.1 Å². The molecule has 0 N–H and O–H groups in total. The van der Waals surface area contributed by atoms with Crippen molar-refractivity contribution < 1.29 is 18.5 Å². The Morgan fingerprint density at radius 1 is 1.41 bits per heavy atom. The van der Waals surface area contributed by atoms with Crippen LogP contribution in [-0.4, -0.2) is 26.3 Å². The maximum Gasteiger partial charge on any atom is 0.333 e. The number of methoxy groups -OCH3 is 1. The fourth-order valence-corrected chi connectivity index (χ4v) is 1.46. The van der Waals surface area contributed by atoms with Crippen molar-refractivity contribution in [2.45, 2.75) is 4.90 Å². The summed E-state index contributed by atoms with van der Waals surface area (Å²) in [7, 11) is 1.31. The van der Waals surface area contributed by atoms with Crippen molar-refractivity contribution in [2.75, 3.05) is 20.3 Å². The third-order valence-corrected chi connectivity index (χ3v) is 2.41. The second-order valence-corrected chi connectivity index (χ2v) is 3.76. The number of hydrogen-bond acceptors (Lipinski definition) is 5. The Balaban J connectivity index is 2.35. The fraction of sp³-hybridized carbons (Fsp3) is 0.250. The van der Waals surface area contributed by atoms with E-state index in [1.54, 1.807) is 12.1 Å². The molecule has 0 radical (unpaired) electrons. The van der Waals surface area contributed by atoms with Crippen LogP contribution in [0.3, 0.4) is 0 Å². The summed E-state index contributed by atoms with van der Waals surface area (Å²) in [6.07, 6.45) is 5.07. The van der Waals surface area contributed by atoms with E-state index in [0.717, 1.165) is 16.9 Å². The summed E-state index contributed by atoms with van der Waals surface area (Å²) in [6, 6.07) is 7.18. The molecule has 1 aromatic rings. The number of carbonyl (C=O) groups excluding carboxylic acids is 1. The smallest absolute Gasteiger partial charge is 0.333 e. The highest BCUT2D eigenvalue weighted by Crippen LogP contribution is 2.22.